The van der Waals surface area contributed by atoms with Crippen LogP contribution in [0.15, 0.2) is 47.4 Å². The lowest BCUT2D eigenvalue weighted by atomic mass is 10.0. The Hall–Kier alpha value is -3.51. The first kappa shape index (κ1) is 33.4. The zero-order valence-corrected chi connectivity index (χ0v) is 25.4. The minimum absolute atomic E-state index is 0.0361. The SMILES string of the molecule is COC[C@@H](O)CN1CC[C@H](Nc2cccc3c2cc(C#CCNc2ccc(S(C)(=O)=O)cc2OC)n3CC(F)(F)F)[C@@H](F)C1. The third-order valence-corrected chi connectivity index (χ3v) is 8.37. The van der Waals surface area contributed by atoms with E-state index < -0.39 is 40.9 Å². The fourth-order valence-corrected chi connectivity index (χ4v) is 5.86. The topological polar surface area (TPSA) is 105 Å². The molecule has 1 aliphatic heterocycles. The van der Waals surface area contributed by atoms with E-state index in [1.165, 1.54) is 32.4 Å². The van der Waals surface area contributed by atoms with Crippen LogP contribution in [0.1, 0.15) is 12.1 Å². The van der Waals surface area contributed by atoms with Gasteiger partial charge in [-0.05, 0) is 42.7 Å². The predicted molar refractivity (Wildman–Crippen MR) is 161 cm³/mol. The average molecular weight is 641 g/mol. The van der Waals surface area contributed by atoms with Gasteiger partial charge in [-0.3, -0.25) is 4.90 Å². The Morgan fingerprint density at radius 1 is 1.16 bits per heavy atom. The minimum atomic E-state index is -4.51. The van der Waals surface area contributed by atoms with Crippen LogP contribution in [-0.2, 0) is 21.1 Å². The van der Waals surface area contributed by atoms with Crippen molar-refractivity contribution in [2.45, 2.75) is 42.4 Å². The molecule has 0 bridgehead atoms. The van der Waals surface area contributed by atoms with Crippen molar-refractivity contribution in [2.24, 2.45) is 0 Å². The predicted octanol–water partition coefficient (Wildman–Crippen LogP) is 3.91. The monoisotopic (exact) mass is 640 g/mol. The van der Waals surface area contributed by atoms with E-state index >= 15 is 4.39 Å². The van der Waals surface area contributed by atoms with Crippen LogP contribution in [0.25, 0.3) is 10.9 Å². The van der Waals surface area contributed by atoms with E-state index in [2.05, 4.69) is 22.5 Å². The largest absolute Gasteiger partial charge is 0.495 e. The van der Waals surface area contributed by atoms with Crippen LogP contribution < -0.4 is 15.4 Å². The van der Waals surface area contributed by atoms with Crippen molar-refractivity contribution in [1.82, 2.24) is 9.47 Å². The highest BCUT2D eigenvalue weighted by Crippen LogP contribution is 2.32. The summed E-state index contributed by atoms with van der Waals surface area (Å²) in [4.78, 5) is 1.90. The number of aliphatic hydroxyl groups excluding tert-OH is 1. The Morgan fingerprint density at radius 2 is 1.93 bits per heavy atom. The number of aromatic nitrogens is 1. The summed E-state index contributed by atoms with van der Waals surface area (Å²) in [6.45, 7) is -0.141. The fraction of sp³-hybridized carbons (Fsp3) is 0.467. The summed E-state index contributed by atoms with van der Waals surface area (Å²) in [5.74, 6) is 5.92. The highest BCUT2D eigenvalue weighted by molar-refractivity contribution is 7.90. The minimum Gasteiger partial charge on any atom is -0.495 e. The van der Waals surface area contributed by atoms with Crippen LogP contribution in [0.4, 0.5) is 28.9 Å². The maximum Gasteiger partial charge on any atom is 0.406 e. The van der Waals surface area contributed by atoms with Crippen molar-refractivity contribution in [3.8, 4) is 17.6 Å². The smallest absolute Gasteiger partial charge is 0.406 e. The van der Waals surface area contributed by atoms with Gasteiger partial charge in [0.05, 0.1) is 54.2 Å². The molecule has 0 unspecified atom stereocenters. The number of nitrogens with one attached hydrogen (secondary N) is 2. The van der Waals surface area contributed by atoms with Gasteiger partial charge in [0.2, 0.25) is 0 Å². The number of alkyl halides is 4. The number of hydrogen-bond donors (Lipinski definition) is 3. The van der Waals surface area contributed by atoms with Gasteiger partial charge < -0.3 is 29.8 Å². The van der Waals surface area contributed by atoms with Crippen molar-refractivity contribution >= 4 is 32.1 Å². The summed E-state index contributed by atoms with van der Waals surface area (Å²) in [7, 11) is -0.571. The van der Waals surface area contributed by atoms with Crippen molar-refractivity contribution in [3.05, 3.63) is 48.2 Å². The number of hydrogen-bond acceptors (Lipinski definition) is 8. The van der Waals surface area contributed by atoms with Crippen LogP contribution >= 0.6 is 0 Å². The molecule has 1 aliphatic rings. The fourth-order valence-electron chi connectivity index (χ4n) is 5.22. The Bertz CT molecular complexity index is 1620. The first-order chi connectivity index (χ1) is 20.8. The number of halogens is 4. The Morgan fingerprint density at radius 3 is 2.59 bits per heavy atom. The van der Waals surface area contributed by atoms with E-state index in [0.29, 0.717) is 35.2 Å². The average Bonchev–Trinajstić information content (AvgIpc) is 3.28. The van der Waals surface area contributed by atoms with Gasteiger partial charge in [-0.2, -0.15) is 13.2 Å². The highest BCUT2D eigenvalue weighted by atomic mass is 32.2. The van der Waals surface area contributed by atoms with Crippen LogP contribution in [0.2, 0.25) is 0 Å². The van der Waals surface area contributed by atoms with Crippen molar-refractivity contribution in [3.63, 3.8) is 0 Å². The second-order valence-corrected chi connectivity index (χ2v) is 12.7. The van der Waals surface area contributed by atoms with Crippen molar-refractivity contribution < 1.29 is 40.6 Å². The number of benzene rings is 2. The van der Waals surface area contributed by atoms with E-state index in [4.69, 9.17) is 9.47 Å². The molecule has 1 fully saturated rings. The molecule has 0 saturated carbocycles. The van der Waals surface area contributed by atoms with Gasteiger partial charge in [-0.15, -0.1) is 0 Å². The van der Waals surface area contributed by atoms with Crippen LogP contribution in [0, 0.1) is 11.8 Å². The number of likely N-dealkylation sites (tertiary alicyclic amines) is 1. The lowest BCUT2D eigenvalue weighted by Crippen LogP contribution is -2.50. The molecule has 14 heteroatoms. The maximum absolute atomic E-state index is 15.2. The van der Waals surface area contributed by atoms with Gasteiger partial charge in [0.25, 0.3) is 0 Å². The van der Waals surface area contributed by atoms with Crippen molar-refractivity contribution in [1.29, 1.82) is 0 Å². The molecule has 2 aromatic carbocycles. The first-order valence-electron chi connectivity index (χ1n) is 13.9. The molecule has 4 rings (SSSR count). The molecule has 0 spiro atoms. The number of fused-ring (bicyclic) bond motifs is 1. The highest BCUT2D eigenvalue weighted by Gasteiger charge is 2.32. The van der Waals surface area contributed by atoms with Gasteiger partial charge in [-0.25, -0.2) is 12.8 Å². The van der Waals surface area contributed by atoms with Crippen LogP contribution in [-0.4, -0.2) is 101 Å². The molecule has 3 N–H and O–H groups in total. The summed E-state index contributed by atoms with van der Waals surface area (Å²) >= 11 is 0. The Labute approximate surface area is 254 Å². The summed E-state index contributed by atoms with van der Waals surface area (Å²) in [5, 5.41) is 16.7. The first-order valence-corrected chi connectivity index (χ1v) is 15.8. The third-order valence-electron chi connectivity index (χ3n) is 7.26. The number of sulfone groups is 1. The van der Waals surface area contributed by atoms with Crippen LogP contribution in [0.5, 0.6) is 5.75 Å². The van der Waals surface area contributed by atoms with Crippen LogP contribution in [0.3, 0.4) is 0 Å². The quantitative estimate of drug-likeness (QED) is 0.214. The summed E-state index contributed by atoms with van der Waals surface area (Å²) < 4.78 is 90.9. The second-order valence-electron chi connectivity index (χ2n) is 10.7. The molecular weight excluding hydrogens is 604 g/mol. The molecule has 44 heavy (non-hydrogen) atoms. The van der Waals surface area contributed by atoms with E-state index in [0.717, 1.165) is 10.8 Å². The summed E-state index contributed by atoms with van der Waals surface area (Å²) in [6, 6.07) is 10.2. The van der Waals surface area contributed by atoms with E-state index in [-0.39, 0.29) is 42.6 Å². The van der Waals surface area contributed by atoms with E-state index in [1.807, 2.05) is 4.90 Å². The van der Waals surface area contributed by atoms with Gasteiger partial charge >= 0.3 is 6.18 Å². The number of piperidine rings is 1. The molecule has 2 heterocycles. The number of methoxy groups -OCH3 is 2. The lowest BCUT2D eigenvalue weighted by Gasteiger charge is -2.36. The maximum atomic E-state index is 15.2. The molecule has 0 radical (unpaired) electrons. The normalized spacial score (nSPS) is 18.5. The molecule has 0 amide bonds. The van der Waals surface area contributed by atoms with E-state index in [1.54, 1.807) is 24.3 Å². The van der Waals surface area contributed by atoms with Crippen molar-refractivity contribution in [2.75, 3.05) is 63.9 Å². The van der Waals surface area contributed by atoms with E-state index in [9.17, 15) is 26.7 Å². The number of anilines is 2. The molecule has 0 aliphatic carbocycles. The number of aliphatic hydroxyl groups is 1. The third kappa shape index (κ3) is 8.56. The number of rotatable bonds is 11. The Kier molecular flexibility index (Phi) is 10.7. The molecular formula is C30H36F4N4O5S. The van der Waals surface area contributed by atoms with Gasteiger partial charge in [-0.1, -0.05) is 12.0 Å². The zero-order chi connectivity index (χ0) is 32.1. The molecule has 1 saturated heterocycles. The molecule has 9 nitrogen and oxygen atoms in total. The molecule has 3 aromatic rings. The standard InChI is InChI=1S/C30H36F4N4O5S/c1-42-18-21(39)16-37-13-11-26(24(31)17-37)36-25-7-4-8-28-23(25)14-20(38(28)19-30(32,33)34)6-5-12-35-27-10-9-22(44(3,40)41)15-29(27)43-2/h4,7-10,14-15,21,24,26,35-36,39H,11-13,16-19H2,1-3H3/t21-,24-,26-/m0/s1. The van der Waals surface area contributed by atoms with Gasteiger partial charge in [0.15, 0.2) is 9.84 Å². The summed E-state index contributed by atoms with van der Waals surface area (Å²) in [6.07, 6.45) is -4.98. The number of ether oxygens (including phenoxy) is 2. The zero-order valence-electron chi connectivity index (χ0n) is 24.6. The molecule has 240 valence electrons. The lowest BCUT2D eigenvalue weighted by molar-refractivity contribution is -0.140. The van der Waals surface area contributed by atoms with Gasteiger partial charge in [0.1, 0.15) is 18.5 Å². The molecule has 3 atom stereocenters. The Balaban J connectivity index is 1.54. The number of nitrogens with zero attached hydrogens (tertiary/aromatic N) is 2. The van der Waals surface area contributed by atoms with Gasteiger partial charge in [0, 0.05) is 50.1 Å². The number of β-amino-alcohol motifs (C(OH)–C–C–N with tert-alkyl or cyclic N) is 1. The molecule has 1 aromatic heterocycles. The summed E-state index contributed by atoms with van der Waals surface area (Å²) in [5.41, 5.74) is 1.40. The second kappa shape index (κ2) is 14.1.